The predicted octanol–water partition coefficient (Wildman–Crippen LogP) is 4.39. The van der Waals surface area contributed by atoms with E-state index in [0.717, 1.165) is 37.8 Å². The first-order valence-corrected chi connectivity index (χ1v) is 10.2. The third-order valence-corrected chi connectivity index (χ3v) is 6.15. The van der Waals surface area contributed by atoms with Crippen LogP contribution in [0.2, 0.25) is 0 Å². The Morgan fingerprint density at radius 2 is 1.87 bits per heavy atom. The van der Waals surface area contributed by atoms with E-state index in [4.69, 9.17) is 4.74 Å². The maximum atomic E-state index is 14.1. The number of amides is 2. The molecule has 3 atom stereocenters. The van der Waals surface area contributed by atoms with Gasteiger partial charge in [0.25, 0.3) is 5.91 Å². The highest BCUT2D eigenvalue weighted by atomic mass is 19.1. The Hall–Kier alpha value is -2.96. The van der Waals surface area contributed by atoms with Crippen LogP contribution in [0.4, 0.5) is 14.5 Å². The summed E-state index contributed by atoms with van der Waals surface area (Å²) in [6.45, 7) is 0. The Morgan fingerprint density at radius 1 is 1.10 bits per heavy atom. The fourth-order valence-electron chi connectivity index (χ4n) is 4.75. The van der Waals surface area contributed by atoms with Crippen LogP contribution in [0.25, 0.3) is 0 Å². The highest BCUT2D eigenvalue weighted by Gasteiger charge is 2.48. The summed E-state index contributed by atoms with van der Waals surface area (Å²) in [5.74, 6) is -1.61. The van der Waals surface area contributed by atoms with E-state index >= 15 is 0 Å². The van der Waals surface area contributed by atoms with Gasteiger partial charge in [-0.25, -0.2) is 8.78 Å². The summed E-state index contributed by atoms with van der Waals surface area (Å²) in [4.78, 5) is 28.3. The zero-order chi connectivity index (χ0) is 21.3. The molecule has 158 valence electrons. The molecule has 1 N–H and O–H groups in total. The third kappa shape index (κ3) is 3.76. The van der Waals surface area contributed by atoms with E-state index in [9.17, 15) is 18.4 Å². The number of halogens is 2. The van der Waals surface area contributed by atoms with Crippen LogP contribution in [0.3, 0.4) is 0 Å². The second kappa shape index (κ2) is 8.42. The van der Waals surface area contributed by atoms with Crippen LogP contribution in [0.15, 0.2) is 42.5 Å². The molecule has 2 fully saturated rings. The molecule has 0 spiro atoms. The van der Waals surface area contributed by atoms with Crippen LogP contribution in [0.5, 0.6) is 5.75 Å². The van der Waals surface area contributed by atoms with Gasteiger partial charge in [-0.05, 0) is 49.4 Å². The van der Waals surface area contributed by atoms with Gasteiger partial charge in [0.15, 0.2) is 0 Å². The largest absolute Gasteiger partial charge is 0.496 e. The summed E-state index contributed by atoms with van der Waals surface area (Å²) < 4.78 is 32.6. The van der Waals surface area contributed by atoms with Crippen molar-refractivity contribution in [3.63, 3.8) is 0 Å². The van der Waals surface area contributed by atoms with Crippen molar-refractivity contribution in [3.05, 3.63) is 59.7 Å². The Balaban J connectivity index is 1.64. The lowest BCUT2D eigenvalue weighted by Gasteiger charge is -2.34. The first-order valence-electron chi connectivity index (χ1n) is 10.2. The van der Waals surface area contributed by atoms with Crippen molar-refractivity contribution in [3.8, 4) is 5.75 Å². The number of methoxy groups -OCH3 is 1. The Kier molecular flexibility index (Phi) is 5.70. The van der Waals surface area contributed by atoms with Crippen molar-refractivity contribution in [2.75, 3.05) is 12.4 Å². The fraction of sp³-hybridized carbons (Fsp3) is 0.391. The summed E-state index contributed by atoms with van der Waals surface area (Å²) in [7, 11) is 1.50. The molecule has 0 radical (unpaired) electrons. The second-order valence-corrected chi connectivity index (χ2v) is 7.89. The molecular formula is C23H24F2N2O3. The summed E-state index contributed by atoms with van der Waals surface area (Å²) in [5, 5.41) is 2.55. The van der Waals surface area contributed by atoms with Gasteiger partial charge in [-0.1, -0.05) is 25.0 Å². The lowest BCUT2D eigenvalue weighted by Crippen LogP contribution is -2.48. The number of hydrogen-bond donors (Lipinski definition) is 1. The van der Waals surface area contributed by atoms with Gasteiger partial charge < -0.3 is 15.0 Å². The molecule has 2 aromatic rings. The molecule has 4 rings (SSSR count). The Labute approximate surface area is 174 Å². The maximum absolute atomic E-state index is 14.1. The third-order valence-electron chi connectivity index (χ3n) is 6.15. The molecule has 1 saturated carbocycles. The Bertz CT molecular complexity index is 965. The highest BCUT2D eigenvalue weighted by Crippen LogP contribution is 2.41. The van der Waals surface area contributed by atoms with Gasteiger partial charge in [0.1, 0.15) is 23.4 Å². The number of rotatable bonds is 4. The molecule has 1 saturated heterocycles. The van der Waals surface area contributed by atoms with Crippen LogP contribution in [-0.2, 0) is 4.79 Å². The molecule has 0 unspecified atom stereocenters. The minimum absolute atomic E-state index is 0.0371. The van der Waals surface area contributed by atoms with Crippen LogP contribution >= 0.6 is 0 Å². The quantitative estimate of drug-likeness (QED) is 0.808. The molecule has 0 aromatic heterocycles. The molecule has 30 heavy (non-hydrogen) atoms. The van der Waals surface area contributed by atoms with Gasteiger partial charge in [-0.15, -0.1) is 0 Å². The number of nitrogens with zero attached hydrogens (tertiary/aromatic N) is 1. The van der Waals surface area contributed by atoms with E-state index in [1.165, 1.54) is 13.2 Å². The van der Waals surface area contributed by atoms with Gasteiger partial charge >= 0.3 is 0 Å². The number of fused-ring (bicyclic) bond motifs is 1. The average Bonchev–Trinajstić information content (AvgIpc) is 3.15. The maximum Gasteiger partial charge on any atom is 0.258 e. The summed E-state index contributed by atoms with van der Waals surface area (Å²) in [6.07, 6.45) is 4.38. The number of carbonyl (C=O) groups is 2. The van der Waals surface area contributed by atoms with Crippen molar-refractivity contribution >= 4 is 17.5 Å². The number of benzene rings is 2. The number of likely N-dealkylation sites (tertiary alicyclic amines) is 1. The van der Waals surface area contributed by atoms with E-state index in [2.05, 4.69) is 5.32 Å². The number of carbonyl (C=O) groups excluding carboxylic acids is 2. The average molecular weight is 414 g/mol. The van der Waals surface area contributed by atoms with E-state index < -0.39 is 23.6 Å². The molecule has 2 amide bonds. The molecule has 2 aliphatic rings. The number of anilines is 1. The van der Waals surface area contributed by atoms with Gasteiger partial charge in [0.05, 0.1) is 18.4 Å². The number of para-hydroxylation sites is 1. The molecule has 0 bridgehead atoms. The molecule has 1 aliphatic carbocycles. The minimum Gasteiger partial charge on any atom is -0.496 e. The summed E-state index contributed by atoms with van der Waals surface area (Å²) in [6, 6.07) is 9.18. The standard InChI is InChI=1S/C23H24F2N2O3/c1-30-21-9-5-3-7-16(21)23(29)27-19-8-4-2-6-14(19)12-20(27)22(28)26-18-11-10-15(24)13-17(18)25/h3,5,7,9-11,13-14,19-20H,2,4,6,8,12H2,1H3,(H,26,28)/t14-,19-,20-/m1/s1. The smallest absolute Gasteiger partial charge is 0.258 e. The van der Waals surface area contributed by atoms with E-state index in [1.807, 2.05) is 0 Å². The van der Waals surface area contributed by atoms with Crippen LogP contribution in [0, 0.1) is 17.6 Å². The van der Waals surface area contributed by atoms with Crippen LogP contribution < -0.4 is 10.1 Å². The predicted molar refractivity (Wildman–Crippen MR) is 108 cm³/mol. The normalized spacial score (nSPS) is 23.0. The highest BCUT2D eigenvalue weighted by molar-refractivity contribution is 6.03. The van der Waals surface area contributed by atoms with Crippen molar-refractivity contribution < 1.29 is 23.1 Å². The molecule has 7 heteroatoms. The topological polar surface area (TPSA) is 58.6 Å². The van der Waals surface area contributed by atoms with Gasteiger partial charge in [-0.2, -0.15) is 0 Å². The van der Waals surface area contributed by atoms with E-state index in [1.54, 1.807) is 29.2 Å². The molecule has 1 aliphatic heterocycles. The molecular weight excluding hydrogens is 390 g/mol. The number of nitrogens with one attached hydrogen (secondary N) is 1. The van der Waals surface area contributed by atoms with Crippen molar-refractivity contribution in [2.45, 2.75) is 44.2 Å². The zero-order valence-electron chi connectivity index (χ0n) is 16.7. The van der Waals surface area contributed by atoms with Crippen molar-refractivity contribution in [1.82, 2.24) is 4.90 Å². The van der Waals surface area contributed by atoms with Crippen molar-refractivity contribution in [2.24, 2.45) is 5.92 Å². The molecule has 5 nitrogen and oxygen atoms in total. The molecule has 1 heterocycles. The SMILES string of the molecule is COc1ccccc1C(=O)N1[C@@H](C(=O)Nc2ccc(F)cc2F)C[C@H]2CCCC[C@H]21. The summed E-state index contributed by atoms with van der Waals surface area (Å²) in [5.41, 5.74) is 0.304. The minimum atomic E-state index is -0.846. The lowest BCUT2D eigenvalue weighted by molar-refractivity contribution is -0.120. The van der Waals surface area contributed by atoms with Crippen LogP contribution in [0.1, 0.15) is 42.5 Å². The van der Waals surface area contributed by atoms with Crippen molar-refractivity contribution in [1.29, 1.82) is 0 Å². The number of ether oxygens (including phenoxy) is 1. The monoisotopic (exact) mass is 414 g/mol. The van der Waals surface area contributed by atoms with Gasteiger partial charge in [0.2, 0.25) is 5.91 Å². The number of hydrogen-bond acceptors (Lipinski definition) is 3. The van der Waals surface area contributed by atoms with Gasteiger partial charge in [0, 0.05) is 12.1 Å². The van der Waals surface area contributed by atoms with E-state index in [-0.39, 0.29) is 23.6 Å². The second-order valence-electron chi connectivity index (χ2n) is 7.89. The zero-order valence-corrected chi connectivity index (χ0v) is 16.7. The molecule has 2 aromatic carbocycles. The van der Waals surface area contributed by atoms with E-state index in [0.29, 0.717) is 17.7 Å². The summed E-state index contributed by atoms with van der Waals surface area (Å²) >= 11 is 0. The van der Waals surface area contributed by atoms with Gasteiger partial charge in [-0.3, -0.25) is 9.59 Å². The van der Waals surface area contributed by atoms with Crippen LogP contribution in [-0.4, -0.2) is 35.9 Å². The first-order chi connectivity index (χ1) is 14.5. The lowest BCUT2D eigenvalue weighted by atomic mass is 9.84. The first kappa shape index (κ1) is 20.3. The Morgan fingerprint density at radius 3 is 2.63 bits per heavy atom. The fourth-order valence-corrected chi connectivity index (χ4v) is 4.75.